The minimum absolute atomic E-state index is 0.167. The molecule has 2 aromatic rings. The van der Waals surface area contributed by atoms with Gasteiger partial charge in [0.15, 0.2) is 9.84 Å². The number of halogens is 2. The molecule has 7 nitrogen and oxygen atoms in total. The van der Waals surface area contributed by atoms with Crippen molar-refractivity contribution < 1.29 is 28.2 Å². The molecule has 202 valence electrons. The van der Waals surface area contributed by atoms with Crippen molar-refractivity contribution in [2.24, 2.45) is 0 Å². The van der Waals surface area contributed by atoms with Crippen LogP contribution in [-0.4, -0.2) is 58.8 Å². The minimum Gasteiger partial charge on any atom is -0.394 e. The maximum atomic E-state index is 13.9. The highest BCUT2D eigenvalue weighted by Crippen LogP contribution is 2.45. The van der Waals surface area contributed by atoms with E-state index in [2.05, 4.69) is 0 Å². The highest BCUT2D eigenvalue weighted by molar-refractivity contribution is 7.92. The monoisotopic (exact) mass is 569 g/mol. The lowest BCUT2D eigenvalue weighted by atomic mass is 9.90. The summed E-state index contributed by atoms with van der Waals surface area (Å²) in [4.78, 5) is 15.4. The molecule has 4 atom stereocenters. The van der Waals surface area contributed by atoms with Crippen molar-refractivity contribution in [3.05, 3.63) is 81.5 Å². The van der Waals surface area contributed by atoms with E-state index in [-0.39, 0.29) is 12.2 Å². The Hall–Kier alpha value is -1.94. The predicted octanol–water partition coefficient (Wildman–Crippen LogP) is 4.86. The molecule has 1 saturated heterocycles. The molecule has 0 saturated carbocycles. The van der Waals surface area contributed by atoms with Crippen molar-refractivity contribution in [1.82, 2.24) is 4.90 Å². The summed E-state index contributed by atoms with van der Waals surface area (Å²) < 4.78 is 31.7. The van der Waals surface area contributed by atoms with Crippen LogP contribution in [0, 0.1) is 0 Å². The van der Waals surface area contributed by atoms with Crippen LogP contribution >= 0.6 is 23.2 Å². The van der Waals surface area contributed by atoms with E-state index in [9.17, 15) is 23.4 Å². The van der Waals surface area contributed by atoms with Gasteiger partial charge in [-0.15, -0.1) is 0 Å². The Morgan fingerprint density at radius 2 is 1.76 bits per heavy atom. The zero-order valence-corrected chi connectivity index (χ0v) is 23.6. The summed E-state index contributed by atoms with van der Waals surface area (Å²) in [5.74, 6) is -0.886. The molecule has 2 N–H and O–H groups in total. The number of nitrogens with zero attached hydrogens (tertiary/aromatic N) is 1. The summed E-state index contributed by atoms with van der Waals surface area (Å²) in [6, 6.07) is 13.2. The first kappa shape index (κ1) is 29.6. The highest BCUT2D eigenvalue weighted by Gasteiger charge is 2.47. The standard InChI is InChI=1S/C27H33Cl2NO6S/c1-5-21(16-37(34,35)27(2,3)4)30-24(17-9-11-19(28)12-10-17)25(18-7-6-8-20(29)13-18)36-23(26(30)33)14-22(32)15-31/h5-13,22-25,31-32H,14-16H2,1-4H3/b21-5+/t22-,23-,24+,25+/m0/s1. The lowest BCUT2D eigenvalue weighted by molar-refractivity contribution is -0.174. The number of allylic oxidation sites excluding steroid dienone is 1. The first-order valence-corrected chi connectivity index (χ1v) is 14.4. The number of hydrogen-bond acceptors (Lipinski definition) is 6. The van der Waals surface area contributed by atoms with Crippen LogP contribution in [0.5, 0.6) is 0 Å². The van der Waals surface area contributed by atoms with Gasteiger partial charge in [0.05, 0.1) is 29.3 Å². The van der Waals surface area contributed by atoms with Crippen molar-refractivity contribution in [2.75, 3.05) is 12.4 Å². The van der Waals surface area contributed by atoms with Crippen LogP contribution in [0.25, 0.3) is 0 Å². The highest BCUT2D eigenvalue weighted by atomic mass is 35.5. The van der Waals surface area contributed by atoms with Gasteiger partial charge in [-0.2, -0.15) is 0 Å². The molecule has 0 aromatic heterocycles. The van der Waals surface area contributed by atoms with E-state index in [0.717, 1.165) is 0 Å². The van der Waals surface area contributed by atoms with Gasteiger partial charge in [0, 0.05) is 22.2 Å². The van der Waals surface area contributed by atoms with Crippen molar-refractivity contribution >= 4 is 38.9 Å². The number of rotatable bonds is 8. The Kier molecular flexibility index (Phi) is 9.48. The second-order valence-corrected chi connectivity index (χ2v) is 13.6. The van der Waals surface area contributed by atoms with Crippen molar-refractivity contribution in [3.8, 4) is 0 Å². The van der Waals surface area contributed by atoms with Crippen LogP contribution in [-0.2, 0) is 19.4 Å². The van der Waals surface area contributed by atoms with Gasteiger partial charge in [0.25, 0.3) is 5.91 Å². The molecular weight excluding hydrogens is 537 g/mol. The number of sulfone groups is 1. The van der Waals surface area contributed by atoms with Crippen molar-refractivity contribution in [1.29, 1.82) is 0 Å². The lowest BCUT2D eigenvalue weighted by Gasteiger charge is -2.46. The molecule has 1 fully saturated rings. The van der Waals surface area contributed by atoms with Gasteiger partial charge < -0.3 is 19.8 Å². The van der Waals surface area contributed by atoms with Gasteiger partial charge >= 0.3 is 0 Å². The number of carbonyl (C=O) groups excluding carboxylic acids is 1. The molecule has 0 bridgehead atoms. The van der Waals surface area contributed by atoms with Gasteiger partial charge in [-0.3, -0.25) is 4.79 Å². The molecule has 0 radical (unpaired) electrons. The van der Waals surface area contributed by atoms with Crippen LogP contribution in [0.1, 0.15) is 57.4 Å². The SMILES string of the molecule is C/C=C(\CS(=O)(=O)C(C)(C)C)N1C(=O)[C@H](C[C@H](O)CO)O[C@H](c2cccc(Cl)c2)[C@H]1c1ccc(Cl)cc1. The van der Waals surface area contributed by atoms with E-state index in [0.29, 0.717) is 26.9 Å². The summed E-state index contributed by atoms with van der Waals surface area (Å²) in [5, 5.41) is 20.6. The molecule has 3 rings (SSSR count). The lowest BCUT2D eigenvalue weighted by Crippen LogP contribution is -2.52. The zero-order valence-electron chi connectivity index (χ0n) is 21.3. The molecule has 0 aliphatic carbocycles. The Morgan fingerprint density at radius 1 is 1.11 bits per heavy atom. The maximum Gasteiger partial charge on any atom is 0.256 e. The molecule has 1 aliphatic heterocycles. The van der Waals surface area contributed by atoms with E-state index in [4.69, 9.17) is 27.9 Å². The topological polar surface area (TPSA) is 104 Å². The Bertz CT molecular complexity index is 1240. The Balaban J connectivity index is 2.23. The quantitative estimate of drug-likeness (QED) is 0.470. The number of hydrogen-bond donors (Lipinski definition) is 2. The third-order valence-corrected chi connectivity index (χ3v) is 9.42. The summed E-state index contributed by atoms with van der Waals surface area (Å²) >= 11 is 12.4. The zero-order chi connectivity index (χ0) is 27.5. The van der Waals surface area contributed by atoms with Gasteiger partial charge in [-0.25, -0.2) is 8.42 Å². The first-order valence-electron chi connectivity index (χ1n) is 11.9. The van der Waals surface area contributed by atoms with Crippen LogP contribution in [0.2, 0.25) is 10.0 Å². The maximum absolute atomic E-state index is 13.9. The molecule has 37 heavy (non-hydrogen) atoms. The summed E-state index contributed by atoms with van der Waals surface area (Å²) in [6.45, 7) is 5.97. The molecule has 0 unspecified atom stereocenters. The molecule has 1 amide bonds. The summed E-state index contributed by atoms with van der Waals surface area (Å²) in [7, 11) is -3.66. The minimum atomic E-state index is -3.66. The third-order valence-electron chi connectivity index (χ3n) is 6.39. The second-order valence-electron chi connectivity index (χ2n) is 10.0. The van der Waals surface area contributed by atoms with Crippen LogP contribution in [0.3, 0.4) is 0 Å². The fourth-order valence-corrected chi connectivity index (χ4v) is 5.62. The van der Waals surface area contributed by atoms with E-state index < -0.39 is 51.5 Å². The number of ether oxygens (including phenoxy) is 1. The summed E-state index contributed by atoms with van der Waals surface area (Å²) in [5.41, 5.74) is 1.64. The van der Waals surface area contributed by atoms with E-state index in [1.807, 2.05) is 6.07 Å². The van der Waals surface area contributed by atoms with Gasteiger partial charge in [-0.05, 0) is 63.1 Å². The molecule has 1 heterocycles. The third kappa shape index (κ3) is 6.74. The number of aliphatic hydroxyl groups is 2. The second kappa shape index (κ2) is 11.8. The van der Waals surface area contributed by atoms with Gasteiger partial charge in [-0.1, -0.05) is 53.5 Å². The van der Waals surface area contributed by atoms with Crippen molar-refractivity contribution in [2.45, 2.75) is 63.2 Å². The largest absolute Gasteiger partial charge is 0.394 e. The fourth-order valence-electron chi connectivity index (χ4n) is 4.17. The molecular formula is C27H33Cl2NO6S. The van der Waals surface area contributed by atoms with Crippen LogP contribution in [0.4, 0.5) is 0 Å². The first-order chi connectivity index (χ1) is 17.3. The molecule has 10 heteroatoms. The normalized spacial score (nSPS) is 22.3. The smallest absolute Gasteiger partial charge is 0.256 e. The summed E-state index contributed by atoms with van der Waals surface area (Å²) in [6.07, 6.45) is -1.65. The van der Waals surface area contributed by atoms with E-state index in [1.54, 1.807) is 76.2 Å². The number of benzene rings is 2. The molecule has 2 aromatic carbocycles. The van der Waals surface area contributed by atoms with E-state index >= 15 is 0 Å². The predicted molar refractivity (Wildman–Crippen MR) is 145 cm³/mol. The van der Waals surface area contributed by atoms with Gasteiger partial charge in [0.2, 0.25) is 0 Å². The van der Waals surface area contributed by atoms with E-state index in [1.165, 1.54) is 4.90 Å². The fraction of sp³-hybridized carbons (Fsp3) is 0.444. The average molecular weight is 571 g/mol. The number of morpholine rings is 1. The molecule has 0 spiro atoms. The van der Waals surface area contributed by atoms with Gasteiger partial charge in [0.1, 0.15) is 12.2 Å². The Morgan fingerprint density at radius 3 is 2.30 bits per heavy atom. The molecule has 1 aliphatic rings. The average Bonchev–Trinajstić information content (AvgIpc) is 2.83. The Labute approximate surface area is 228 Å². The number of aliphatic hydroxyl groups excluding tert-OH is 2. The van der Waals surface area contributed by atoms with Crippen LogP contribution < -0.4 is 0 Å². The number of amides is 1. The van der Waals surface area contributed by atoms with Crippen molar-refractivity contribution in [3.63, 3.8) is 0 Å². The number of carbonyl (C=O) groups is 1. The van der Waals surface area contributed by atoms with Crippen LogP contribution in [0.15, 0.2) is 60.3 Å².